The summed E-state index contributed by atoms with van der Waals surface area (Å²) in [5.74, 6) is -1.51. The van der Waals surface area contributed by atoms with E-state index in [0.717, 1.165) is 17.7 Å². The number of rotatable bonds is 8. The first-order valence-electron chi connectivity index (χ1n) is 13.9. The number of primary amides is 1. The van der Waals surface area contributed by atoms with Gasteiger partial charge in [-0.3, -0.25) is 14.6 Å². The lowest BCUT2D eigenvalue weighted by Gasteiger charge is -2.47. The first-order chi connectivity index (χ1) is 19.5. The molecular formula is C29H34F4N4O4. The molecule has 2 aliphatic heterocycles. The van der Waals surface area contributed by atoms with E-state index < -0.39 is 41.4 Å². The van der Waals surface area contributed by atoms with Gasteiger partial charge < -0.3 is 25.4 Å². The predicted octanol–water partition coefficient (Wildman–Crippen LogP) is 3.77. The lowest BCUT2D eigenvalue weighted by Crippen LogP contribution is -2.53. The molecule has 0 unspecified atom stereocenters. The molecule has 1 aromatic carbocycles. The highest BCUT2D eigenvalue weighted by atomic mass is 19.4. The molecule has 2 amide bonds. The second-order valence-corrected chi connectivity index (χ2v) is 11.5. The number of β-amino-alcohol motifs (C(OH)–C–C–N with tert-alkyl or cyclic N) is 1. The van der Waals surface area contributed by atoms with E-state index in [4.69, 9.17) is 10.5 Å². The van der Waals surface area contributed by atoms with Crippen molar-refractivity contribution in [1.82, 2.24) is 14.8 Å². The lowest BCUT2D eigenvalue weighted by atomic mass is 9.67. The number of halogens is 4. The van der Waals surface area contributed by atoms with E-state index in [-0.39, 0.29) is 43.8 Å². The van der Waals surface area contributed by atoms with E-state index in [1.165, 1.54) is 18.3 Å². The number of hydrogen-bond acceptors (Lipinski definition) is 6. The van der Waals surface area contributed by atoms with Crippen LogP contribution in [0, 0.1) is 17.2 Å². The molecule has 2 atom stereocenters. The van der Waals surface area contributed by atoms with Gasteiger partial charge in [-0.15, -0.1) is 0 Å². The Bertz CT molecular complexity index is 1260. The molecule has 2 saturated heterocycles. The molecular weight excluding hydrogens is 544 g/mol. The molecule has 8 nitrogen and oxygen atoms in total. The molecule has 1 saturated carbocycles. The minimum Gasteiger partial charge on any atom is -0.492 e. The predicted molar refractivity (Wildman–Crippen MR) is 141 cm³/mol. The quantitative estimate of drug-likeness (QED) is 0.462. The Kier molecular flexibility index (Phi) is 8.24. The monoisotopic (exact) mass is 578 g/mol. The Labute approximate surface area is 235 Å². The van der Waals surface area contributed by atoms with Crippen molar-refractivity contribution < 1.29 is 37.0 Å². The van der Waals surface area contributed by atoms with Crippen LogP contribution in [0.25, 0.3) is 11.3 Å². The Hall–Kier alpha value is -3.25. The van der Waals surface area contributed by atoms with Crippen molar-refractivity contribution >= 4 is 11.8 Å². The molecule has 3 fully saturated rings. The minimum absolute atomic E-state index is 0.0148. The molecule has 0 spiro atoms. The number of aromatic nitrogens is 1. The fourth-order valence-corrected chi connectivity index (χ4v) is 6.04. The molecule has 1 aliphatic carbocycles. The number of piperidine rings is 1. The van der Waals surface area contributed by atoms with E-state index in [9.17, 15) is 32.3 Å². The third-order valence-electron chi connectivity index (χ3n) is 8.73. The van der Waals surface area contributed by atoms with E-state index in [1.807, 2.05) is 4.90 Å². The second-order valence-electron chi connectivity index (χ2n) is 11.5. The van der Waals surface area contributed by atoms with Crippen molar-refractivity contribution in [3.05, 3.63) is 47.9 Å². The van der Waals surface area contributed by atoms with Crippen LogP contribution < -0.4 is 10.5 Å². The Morgan fingerprint density at radius 1 is 1.15 bits per heavy atom. The van der Waals surface area contributed by atoms with Crippen molar-refractivity contribution in [2.45, 2.75) is 56.8 Å². The smallest absolute Gasteiger partial charge is 0.395 e. The number of nitrogens with zero attached hydrogens (tertiary/aromatic N) is 3. The summed E-state index contributed by atoms with van der Waals surface area (Å²) in [7, 11) is 0. The number of benzene rings is 1. The topological polar surface area (TPSA) is 109 Å². The number of alkyl halides is 3. The molecule has 0 bridgehead atoms. The van der Waals surface area contributed by atoms with E-state index in [2.05, 4.69) is 4.98 Å². The lowest BCUT2D eigenvalue weighted by molar-refractivity contribution is -0.256. The van der Waals surface area contributed by atoms with Crippen molar-refractivity contribution in [3.8, 4) is 17.0 Å². The van der Waals surface area contributed by atoms with Gasteiger partial charge in [-0.2, -0.15) is 13.2 Å². The fourth-order valence-electron chi connectivity index (χ4n) is 6.04. The summed E-state index contributed by atoms with van der Waals surface area (Å²) in [5, 5.41) is 9.84. The van der Waals surface area contributed by atoms with Gasteiger partial charge in [-0.1, -0.05) is 12.5 Å². The highest BCUT2D eigenvalue weighted by molar-refractivity contribution is 5.98. The molecule has 3 heterocycles. The molecule has 3 N–H and O–H groups in total. The van der Waals surface area contributed by atoms with Crippen LogP contribution in [0.1, 0.15) is 48.9 Å². The van der Waals surface area contributed by atoms with Crippen molar-refractivity contribution in [3.63, 3.8) is 0 Å². The van der Waals surface area contributed by atoms with Gasteiger partial charge >= 0.3 is 6.18 Å². The summed E-state index contributed by atoms with van der Waals surface area (Å²) in [6, 6.07) is 6.43. The van der Waals surface area contributed by atoms with Crippen LogP contribution in [0.15, 0.2) is 36.5 Å². The largest absolute Gasteiger partial charge is 0.492 e. The van der Waals surface area contributed by atoms with Crippen molar-refractivity contribution in [2.75, 3.05) is 32.8 Å². The standard InChI is InChI=1S/C29H34F4N4O4/c30-23-12-19(2-4-22(23)27(40)37-15-20(38)13-25(37)26(34)39)24-5-3-21(14-35-24)41-16-18-6-10-36(11-7-18)17-28(8-1-9-28)29(31,32)33/h2-5,12,14,18,20,25,38H,1,6-11,13,15-17H2,(H2,34,39)/t20-,25+/m1/s1. The number of amides is 2. The van der Waals surface area contributed by atoms with Gasteiger partial charge in [0.05, 0.1) is 35.6 Å². The average molecular weight is 579 g/mol. The van der Waals surface area contributed by atoms with Crippen molar-refractivity contribution in [2.24, 2.45) is 17.1 Å². The number of aliphatic hydroxyl groups is 1. The Balaban J connectivity index is 1.13. The number of carbonyl (C=O) groups is 2. The number of carbonyl (C=O) groups excluding carboxylic acids is 2. The van der Waals surface area contributed by atoms with Gasteiger partial charge in [0.15, 0.2) is 0 Å². The zero-order valence-corrected chi connectivity index (χ0v) is 22.6. The van der Waals surface area contributed by atoms with E-state index in [0.29, 0.717) is 43.1 Å². The molecule has 5 rings (SSSR count). The van der Waals surface area contributed by atoms with Crippen LogP contribution in [-0.4, -0.2) is 82.8 Å². The number of nitrogens with two attached hydrogens (primary N) is 1. The van der Waals surface area contributed by atoms with Gasteiger partial charge in [0, 0.05) is 25.1 Å². The Morgan fingerprint density at radius 3 is 2.44 bits per heavy atom. The number of hydrogen-bond donors (Lipinski definition) is 2. The van der Waals surface area contributed by atoms with E-state index >= 15 is 0 Å². The van der Waals surface area contributed by atoms with Gasteiger partial charge in [0.2, 0.25) is 5.91 Å². The van der Waals surface area contributed by atoms with Crippen LogP contribution in [0.4, 0.5) is 17.6 Å². The number of aliphatic hydroxyl groups excluding tert-OH is 1. The highest BCUT2D eigenvalue weighted by Gasteiger charge is 2.58. The van der Waals surface area contributed by atoms with Crippen molar-refractivity contribution in [1.29, 1.82) is 0 Å². The van der Waals surface area contributed by atoms with Gasteiger partial charge in [0.25, 0.3) is 5.91 Å². The maximum absolute atomic E-state index is 14.9. The minimum atomic E-state index is -4.15. The fraction of sp³-hybridized carbons (Fsp3) is 0.552. The molecule has 2 aromatic rings. The first kappa shape index (κ1) is 29.2. The molecule has 0 radical (unpaired) electrons. The summed E-state index contributed by atoms with van der Waals surface area (Å²) in [6.45, 7) is 1.65. The number of ether oxygens (including phenoxy) is 1. The van der Waals surface area contributed by atoms with Crippen LogP contribution in [0.5, 0.6) is 5.75 Å². The van der Waals surface area contributed by atoms with Crippen LogP contribution in [0.3, 0.4) is 0 Å². The van der Waals surface area contributed by atoms with Crippen LogP contribution in [0.2, 0.25) is 0 Å². The Morgan fingerprint density at radius 2 is 1.88 bits per heavy atom. The maximum Gasteiger partial charge on any atom is 0.395 e. The third-order valence-corrected chi connectivity index (χ3v) is 8.73. The summed E-state index contributed by atoms with van der Waals surface area (Å²) in [5.41, 5.74) is 4.47. The second kappa shape index (κ2) is 11.6. The van der Waals surface area contributed by atoms with Crippen LogP contribution in [-0.2, 0) is 4.79 Å². The molecule has 41 heavy (non-hydrogen) atoms. The first-order valence-corrected chi connectivity index (χ1v) is 13.9. The third kappa shape index (κ3) is 6.18. The highest BCUT2D eigenvalue weighted by Crippen LogP contribution is 2.53. The summed E-state index contributed by atoms with van der Waals surface area (Å²) in [4.78, 5) is 31.9. The number of pyridine rings is 1. The van der Waals surface area contributed by atoms with Gasteiger partial charge in [0.1, 0.15) is 17.6 Å². The zero-order chi connectivity index (χ0) is 29.4. The molecule has 12 heteroatoms. The normalized spacial score (nSPS) is 23.3. The maximum atomic E-state index is 14.9. The SMILES string of the molecule is NC(=O)[C@@H]1C[C@@H](O)CN1C(=O)c1ccc(-c2ccc(OCC3CCN(CC4(C(F)(F)F)CCC4)CC3)cn2)cc1F. The van der Waals surface area contributed by atoms with Gasteiger partial charge in [-0.25, -0.2) is 4.39 Å². The van der Waals surface area contributed by atoms with Gasteiger partial charge in [-0.05, 0) is 69.0 Å². The molecule has 222 valence electrons. The summed E-state index contributed by atoms with van der Waals surface area (Å²) >= 11 is 0. The zero-order valence-electron chi connectivity index (χ0n) is 22.6. The molecule has 1 aromatic heterocycles. The summed E-state index contributed by atoms with van der Waals surface area (Å²) in [6.07, 6.45) is -0.907. The number of likely N-dealkylation sites (tertiary alicyclic amines) is 2. The van der Waals surface area contributed by atoms with E-state index in [1.54, 1.807) is 18.2 Å². The summed E-state index contributed by atoms with van der Waals surface area (Å²) < 4.78 is 61.3. The van der Waals surface area contributed by atoms with Crippen LogP contribution >= 0.6 is 0 Å². The average Bonchev–Trinajstić information content (AvgIpc) is 3.31. The molecule has 3 aliphatic rings.